The second-order valence-electron chi connectivity index (χ2n) is 10.0. The molecular weight excluding hydrogens is 538 g/mol. The molecule has 9 heteroatoms. The van der Waals surface area contributed by atoms with Gasteiger partial charge in [-0.2, -0.15) is 0 Å². The lowest BCUT2D eigenvalue weighted by Gasteiger charge is -2.33. The molecule has 0 aliphatic carbocycles. The molecule has 41 heavy (non-hydrogen) atoms. The van der Waals surface area contributed by atoms with E-state index in [9.17, 15) is 18.0 Å². The molecule has 8 nitrogen and oxygen atoms in total. The first kappa shape index (κ1) is 31.7. The van der Waals surface area contributed by atoms with Crippen LogP contribution in [0.25, 0.3) is 0 Å². The first-order valence-electron chi connectivity index (χ1n) is 14.1. The molecule has 3 rings (SSSR count). The molecule has 2 atom stereocenters. The van der Waals surface area contributed by atoms with E-state index in [-0.39, 0.29) is 23.4 Å². The average Bonchev–Trinajstić information content (AvgIpc) is 2.97. The minimum absolute atomic E-state index is 0.0329. The summed E-state index contributed by atoms with van der Waals surface area (Å²) in [4.78, 5) is 28.9. The van der Waals surface area contributed by atoms with Crippen LogP contribution in [0.1, 0.15) is 51.7 Å². The summed E-state index contributed by atoms with van der Waals surface area (Å²) in [6.45, 7) is 9.64. The summed E-state index contributed by atoms with van der Waals surface area (Å²) in [5, 5.41) is 2.99. The van der Waals surface area contributed by atoms with Gasteiger partial charge in [0, 0.05) is 12.6 Å². The fourth-order valence-electron chi connectivity index (χ4n) is 4.38. The van der Waals surface area contributed by atoms with Crippen molar-refractivity contribution in [2.24, 2.45) is 0 Å². The third-order valence-corrected chi connectivity index (χ3v) is 8.69. The van der Waals surface area contributed by atoms with Crippen LogP contribution in [0.2, 0.25) is 0 Å². The van der Waals surface area contributed by atoms with E-state index in [1.165, 1.54) is 17.0 Å². The Bertz CT molecular complexity index is 1380. The number of hydrogen-bond donors (Lipinski definition) is 1. The Hall–Kier alpha value is -3.85. The van der Waals surface area contributed by atoms with E-state index < -0.39 is 28.5 Å². The lowest BCUT2D eigenvalue weighted by Crippen LogP contribution is -2.53. The molecule has 0 saturated carbocycles. The minimum Gasteiger partial charge on any atom is -0.494 e. The highest BCUT2D eigenvalue weighted by Gasteiger charge is 2.34. The van der Waals surface area contributed by atoms with Crippen molar-refractivity contribution in [2.75, 3.05) is 17.5 Å². The minimum atomic E-state index is -4.15. The molecule has 1 N–H and O–H groups in total. The van der Waals surface area contributed by atoms with Gasteiger partial charge in [0.1, 0.15) is 18.3 Å². The lowest BCUT2D eigenvalue weighted by atomic mass is 10.1. The highest BCUT2D eigenvalue weighted by molar-refractivity contribution is 7.92. The number of carbonyl (C=O) groups is 2. The molecule has 0 radical (unpaired) electrons. The molecule has 0 aliphatic heterocycles. The number of benzene rings is 3. The van der Waals surface area contributed by atoms with E-state index in [1.54, 1.807) is 36.4 Å². The van der Waals surface area contributed by atoms with Crippen LogP contribution in [0.15, 0.2) is 83.8 Å². The zero-order chi connectivity index (χ0) is 30.0. The van der Waals surface area contributed by atoms with Gasteiger partial charge in [0.25, 0.3) is 10.0 Å². The van der Waals surface area contributed by atoms with Gasteiger partial charge >= 0.3 is 0 Å². The molecule has 0 unspecified atom stereocenters. The highest BCUT2D eigenvalue weighted by atomic mass is 32.2. The maximum absolute atomic E-state index is 14.1. The Kier molecular flexibility index (Phi) is 11.3. The van der Waals surface area contributed by atoms with Crippen LogP contribution >= 0.6 is 0 Å². The second kappa shape index (κ2) is 14.7. The van der Waals surface area contributed by atoms with Gasteiger partial charge in [-0.3, -0.25) is 13.9 Å². The monoisotopic (exact) mass is 579 g/mol. The van der Waals surface area contributed by atoms with Crippen molar-refractivity contribution in [1.29, 1.82) is 0 Å². The largest absolute Gasteiger partial charge is 0.494 e. The molecule has 0 spiro atoms. The van der Waals surface area contributed by atoms with Crippen LogP contribution in [0.3, 0.4) is 0 Å². The number of anilines is 1. The van der Waals surface area contributed by atoms with Gasteiger partial charge in [0.05, 0.1) is 17.2 Å². The van der Waals surface area contributed by atoms with E-state index in [2.05, 4.69) is 5.32 Å². The average molecular weight is 580 g/mol. The second-order valence-corrected chi connectivity index (χ2v) is 11.9. The third-order valence-electron chi connectivity index (χ3n) is 6.91. The summed E-state index contributed by atoms with van der Waals surface area (Å²) in [5.74, 6) is -0.186. The first-order valence-corrected chi connectivity index (χ1v) is 15.5. The molecule has 0 heterocycles. The van der Waals surface area contributed by atoms with E-state index in [4.69, 9.17) is 4.74 Å². The summed E-state index contributed by atoms with van der Waals surface area (Å²) >= 11 is 0. The summed E-state index contributed by atoms with van der Waals surface area (Å²) in [7, 11) is -4.15. The SMILES string of the molecule is CCOc1ccc(S(=O)(=O)N(CC(=O)N(Cc2ccccc2)[C@@H](CC)C(=O)N[C@H](C)CC)c2ccc(C)cc2)cc1. The smallest absolute Gasteiger partial charge is 0.264 e. The quantitative estimate of drug-likeness (QED) is 0.279. The Balaban J connectivity index is 2.03. The van der Waals surface area contributed by atoms with Gasteiger partial charge in [-0.05, 0) is 75.6 Å². The van der Waals surface area contributed by atoms with Gasteiger partial charge in [0.15, 0.2) is 0 Å². The molecule has 0 aromatic heterocycles. The van der Waals surface area contributed by atoms with Gasteiger partial charge in [-0.15, -0.1) is 0 Å². The number of nitrogens with one attached hydrogen (secondary N) is 1. The Morgan fingerprint density at radius 2 is 1.51 bits per heavy atom. The number of ether oxygens (including phenoxy) is 1. The molecule has 0 saturated heterocycles. The normalized spacial score (nSPS) is 12.7. The van der Waals surface area contributed by atoms with Crippen LogP contribution < -0.4 is 14.4 Å². The van der Waals surface area contributed by atoms with Crippen molar-refractivity contribution in [1.82, 2.24) is 10.2 Å². The van der Waals surface area contributed by atoms with Crippen molar-refractivity contribution in [3.63, 3.8) is 0 Å². The van der Waals surface area contributed by atoms with Crippen LogP contribution in [-0.2, 0) is 26.2 Å². The standard InChI is InChI=1S/C32H41N3O5S/c1-6-25(5)33-32(37)30(7-2)34(22-26-12-10-9-11-13-26)31(36)23-35(27-16-14-24(4)15-17-27)41(38,39)29-20-18-28(19-21-29)40-8-3/h9-21,25,30H,6-8,22-23H2,1-5H3,(H,33,37)/t25-,30+/m1/s1. The summed E-state index contributed by atoms with van der Waals surface area (Å²) < 4.78 is 34.6. The molecular formula is C32H41N3O5S. The van der Waals surface area contributed by atoms with Crippen molar-refractivity contribution in [2.45, 2.75) is 71.0 Å². The maximum atomic E-state index is 14.1. The number of nitrogens with zero attached hydrogens (tertiary/aromatic N) is 2. The number of hydrogen-bond acceptors (Lipinski definition) is 5. The van der Waals surface area contributed by atoms with Gasteiger partial charge < -0.3 is 15.0 Å². The van der Waals surface area contributed by atoms with Gasteiger partial charge in [-0.1, -0.05) is 61.9 Å². The molecule has 0 bridgehead atoms. The fraction of sp³-hybridized carbons (Fsp3) is 0.375. The van der Waals surface area contributed by atoms with Crippen LogP contribution in [0, 0.1) is 6.92 Å². The maximum Gasteiger partial charge on any atom is 0.264 e. The number of carbonyl (C=O) groups excluding carboxylic acids is 2. The third kappa shape index (κ3) is 8.33. The van der Waals surface area contributed by atoms with Crippen LogP contribution in [-0.4, -0.2) is 50.4 Å². The van der Waals surface area contributed by atoms with Crippen molar-refractivity contribution in [3.8, 4) is 5.75 Å². The summed E-state index contributed by atoms with van der Waals surface area (Å²) in [5.41, 5.74) is 2.15. The zero-order valence-electron chi connectivity index (χ0n) is 24.5. The molecule has 0 fully saturated rings. The fourth-order valence-corrected chi connectivity index (χ4v) is 5.80. The zero-order valence-corrected chi connectivity index (χ0v) is 25.4. The summed E-state index contributed by atoms with van der Waals surface area (Å²) in [6.07, 6.45) is 1.12. The predicted molar refractivity (Wildman–Crippen MR) is 162 cm³/mol. The Morgan fingerprint density at radius 1 is 0.878 bits per heavy atom. The molecule has 220 valence electrons. The first-order chi connectivity index (χ1) is 19.6. The van der Waals surface area contributed by atoms with E-state index in [0.29, 0.717) is 24.5 Å². The van der Waals surface area contributed by atoms with E-state index >= 15 is 0 Å². The van der Waals surface area contributed by atoms with Crippen molar-refractivity contribution < 1.29 is 22.7 Å². The number of amides is 2. The van der Waals surface area contributed by atoms with Crippen LogP contribution in [0.5, 0.6) is 5.75 Å². The summed E-state index contributed by atoms with van der Waals surface area (Å²) in [6, 6.07) is 21.7. The molecule has 3 aromatic rings. The van der Waals surface area contributed by atoms with Gasteiger partial charge in [-0.25, -0.2) is 8.42 Å². The lowest BCUT2D eigenvalue weighted by molar-refractivity contribution is -0.140. The Morgan fingerprint density at radius 3 is 2.07 bits per heavy atom. The highest BCUT2D eigenvalue weighted by Crippen LogP contribution is 2.26. The van der Waals surface area contributed by atoms with Gasteiger partial charge in [0.2, 0.25) is 11.8 Å². The van der Waals surface area contributed by atoms with Crippen LogP contribution in [0.4, 0.5) is 5.69 Å². The number of rotatable bonds is 14. The van der Waals surface area contributed by atoms with E-state index in [0.717, 1.165) is 21.9 Å². The Labute approximate surface area is 244 Å². The number of sulfonamides is 1. The van der Waals surface area contributed by atoms with E-state index in [1.807, 2.05) is 65.0 Å². The van der Waals surface area contributed by atoms with Crippen molar-refractivity contribution >= 4 is 27.5 Å². The number of aryl methyl sites for hydroxylation is 1. The topological polar surface area (TPSA) is 96.0 Å². The molecule has 2 amide bonds. The van der Waals surface area contributed by atoms with Crippen molar-refractivity contribution in [3.05, 3.63) is 90.0 Å². The molecule has 0 aliphatic rings. The predicted octanol–water partition coefficient (Wildman–Crippen LogP) is 5.31. The molecule has 3 aromatic carbocycles.